The Labute approximate surface area is 176 Å². The molecule has 0 fully saturated rings. The molecule has 0 radical (unpaired) electrons. The zero-order chi connectivity index (χ0) is 19.0. The number of rotatable bonds is 8. The van der Waals surface area contributed by atoms with E-state index in [0.29, 0.717) is 23.6 Å². The summed E-state index contributed by atoms with van der Waals surface area (Å²) < 4.78 is 38.5. The van der Waals surface area contributed by atoms with Gasteiger partial charge in [0.1, 0.15) is 5.82 Å². The first-order valence-electron chi connectivity index (χ1n) is 8.24. The molecule has 1 aromatic carbocycles. The van der Waals surface area contributed by atoms with Crippen molar-refractivity contribution in [1.82, 2.24) is 20.4 Å². The van der Waals surface area contributed by atoms with Crippen LogP contribution >= 0.6 is 24.0 Å². The number of halogens is 2. The second-order valence-corrected chi connectivity index (χ2v) is 8.10. The van der Waals surface area contributed by atoms with Crippen molar-refractivity contribution in [3.63, 3.8) is 0 Å². The highest BCUT2D eigenvalue weighted by Gasteiger charge is 2.11. The number of aliphatic imine (C=N–C) groups is 1. The third-order valence-electron chi connectivity index (χ3n) is 3.67. The summed E-state index contributed by atoms with van der Waals surface area (Å²) in [6.45, 7) is 1.76. The monoisotopic (exact) mass is 509 g/mol. The molecule has 2 rings (SSSR count). The van der Waals surface area contributed by atoms with Crippen molar-refractivity contribution in [2.75, 3.05) is 19.8 Å². The van der Waals surface area contributed by atoms with Gasteiger partial charge in [-0.1, -0.05) is 6.07 Å². The first-order chi connectivity index (χ1) is 12.4. The summed E-state index contributed by atoms with van der Waals surface area (Å²) >= 11 is 0. The molecule has 7 nitrogen and oxygen atoms in total. The molecule has 1 aromatic heterocycles. The second kappa shape index (κ2) is 11.2. The Morgan fingerprint density at radius 1 is 1.30 bits per heavy atom. The molecule has 0 amide bonds. The van der Waals surface area contributed by atoms with Gasteiger partial charge in [-0.05, 0) is 35.7 Å². The molecule has 27 heavy (non-hydrogen) atoms. The van der Waals surface area contributed by atoms with Crippen molar-refractivity contribution in [1.29, 1.82) is 0 Å². The molecule has 0 unspecified atom stereocenters. The molecule has 0 saturated heterocycles. The Bertz CT molecular complexity index is 841. The first kappa shape index (κ1) is 23.3. The van der Waals surface area contributed by atoms with Crippen LogP contribution in [-0.2, 0) is 28.7 Å². The molecule has 0 spiro atoms. The highest BCUT2D eigenvalue weighted by Crippen LogP contribution is 2.14. The molecule has 2 aromatic rings. The van der Waals surface area contributed by atoms with Crippen LogP contribution in [0.2, 0.25) is 0 Å². The molecular formula is C17H25FIN5O2S. The summed E-state index contributed by atoms with van der Waals surface area (Å²) in [6.07, 6.45) is 5.66. The third kappa shape index (κ3) is 8.69. The van der Waals surface area contributed by atoms with E-state index in [4.69, 9.17) is 0 Å². The van der Waals surface area contributed by atoms with E-state index in [0.717, 1.165) is 19.2 Å². The molecule has 1 heterocycles. The summed E-state index contributed by atoms with van der Waals surface area (Å²) in [5, 5.41) is 10.4. The molecular weight excluding hydrogens is 484 g/mol. The average Bonchev–Trinajstić information content (AvgIpc) is 3.08. The van der Waals surface area contributed by atoms with Crippen LogP contribution in [0.25, 0.3) is 0 Å². The minimum absolute atomic E-state index is 0. The molecule has 2 N–H and O–H groups in total. The van der Waals surface area contributed by atoms with Gasteiger partial charge in [0.25, 0.3) is 0 Å². The predicted molar refractivity (Wildman–Crippen MR) is 115 cm³/mol. The molecule has 0 saturated carbocycles. The number of hydrogen-bond donors (Lipinski definition) is 2. The fraction of sp³-hybridized carbons (Fsp3) is 0.412. The summed E-state index contributed by atoms with van der Waals surface area (Å²) in [4.78, 5) is 4.12. The zero-order valence-corrected chi connectivity index (χ0v) is 18.5. The van der Waals surface area contributed by atoms with Crippen LogP contribution in [0.15, 0.2) is 41.7 Å². The maximum Gasteiger partial charge on any atom is 0.191 e. The number of aromatic nitrogens is 2. The summed E-state index contributed by atoms with van der Waals surface area (Å²) in [6, 6.07) is 6.00. The number of aryl methyl sites for hydroxylation is 1. The molecule has 10 heteroatoms. The van der Waals surface area contributed by atoms with E-state index < -0.39 is 15.7 Å². The summed E-state index contributed by atoms with van der Waals surface area (Å²) in [5.41, 5.74) is 1.17. The lowest BCUT2D eigenvalue weighted by Gasteiger charge is -2.14. The largest absolute Gasteiger partial charge is 0.356 e. The van der Waals surface area contributed by atoms with E-state index in [1.165, 1.54) is 18.2 Å². The van der Waals surface area contributed by atoms with Crippen LogP contribution in [0.5, 0.6) is 0 Å². The smallest absolute Gasteiger partial charge is 0.191 e. The molecule has 0 aliphatic carbocycles. The van der Waals surface area contributed by atoms with Crippen molar-refractivity contribution in [2.45, 2.75) is 25.3 Å². The van der Waals surface area contributed by atoms with E-state index in [9.17, 15) is 12.8 Å². The SMILES string of the molecule is CN=C(NCCCn1cccn1)NCc1cc(F)ccc1CS(C)(=O)=O.I. The quantitative estimate of drug-likeness (QED) is 0.246. The van der Waals surface area contributed by atoms with Crippen LogP contribution < -0.4 is 10.6 Å². The third-order valence-corrected chi connectivity index (χ3v) is 4.51. The van der Waals surface area contributed by atoms with Gasteiger partial charge in [0.05, 0.1) is 5.75 Å². The van der Waals surface area contributed by atoms with Gasteiger partial charge >= 0.3 is 0 Å². The van der Waals surface area contributed by atoms with E-state index >= 15 is 0 Å². The molecule has 0 bridgehead atoms. The zero-order valence-electron chi connectivity index (χ0n) is 15.4. The van der Waals surface area contributed by atoms with E-state index in [-0.39, 0.29) is 36.3 Å². The lowest BCUT2D eigenvalue weighted by Crippen LogP contribution is -2.37. The standard InChI is InChI=1S/C17H24FN5O2S.HI/c1-19-17(20-7-3-9-23-10-4-8-22-23)21-12-15-11-16(18)6-5-14(15)13-26(2,24)25;/h4-6,8,10-11H,3,7,9,12-13H2,1-2H3,(H2,19,20,21);1H. The van der Waals surface area contributed by atoms with Gasteiger partial charge in [-0.25, -0.2) is 12.8 Å². The van der Waals surface area contributed by atoms with Gasteiger partial charge in [0.15, 0.2) is 15.8 Å². The van der Waals surface area contributed by atoms with Crippen molar-refractivity contribution in [3.8, 4) is 0 Å². The van der Waals surface area contributed by atoms with Crippen molar-refractivity contribution in [2.24, 2.45) is 4.99 Å². The van der Waals surface area contributed by atoms with Crippen LogP contribution in [0.1, 0.15) is 17.5 Å². The van der Waals surface area contributed by atoms with Gasteiger partial charge in [0, 0.05) is 45.3 Å². The van der Waals surface area contributed by atoms with E-state index in [1.807, 2.05) is 16.9 Å². The van der Waals surface area contributed by atoms with Gasteiger partial charge < -0.3 is 10.6 Å². The van der Waals surface area contributed by atoms with Gasteiger partial charge in [-0.3, -0.25) is 9.67 Å². The number of sulfone groups is 1. The minimum atomic E-state index is -3.20. The minimum Gasteiger partial charge on any atom is -0.356 e. The molecule has 0 aliphatic heterocycles. The Morgan fingerprint density at radius 3 is 2.70 bits per heavy atom. The fourth-order valence-corrected chi connectivity index (χ4v) is 3.31. The number of nitrogens with one attached hydrogen (secondary N) is 2. The number of guanidine groups is 1. The summed E-state index contributed by atoms with van der Waals surface area (Å²) in [7, 11) is -1.56. The van der Waals surface area contributed by atoms with Crippen LogP contribution in [0.4, 0.5) is 4.39 Å². The van der Waals surface area contributed by atoms with Gasteiger partial charge in [0.2, 0.25) is 0 Å². The van der Waals surface area contributed by atoms with Crippen LogP contribution in [0.3, 0.4) is 0 Å². The first-order valence-corrected chi connectivity index (χ1v) is 10.3. The van der Waals surface area contributed by atoms with Crippen LogP contribution in [-0.4, -0.2) is 44.0 Å². The van der Waals surface area contributed by atoms with E-state index in [1.54, 1.807) is 13.2 Å². The summed E-state index contributed by atoms with van der Waals surface area (Å²) in [5.74, 6) is 0.0430. The number of hydrogen-bond acceptors (Lipinski definition) is 4. The average molecular weight is 509 g/mol. The Morgan fingerprint density at radius 2 is 2.07 bits per heavy atom. The Balaban J connectivity index is 0.00000364. The van der Waals surface area contributed by atoms with E-state index in [2.05, 4.69) is 20.7 Å². The Kier molecular flexibility index (Phi) is 9.70. The lowest BCUT2D eigenvalue weighted by atomic mass is 10.1. The lowest BCUT2D eigenvalue weighted by molar-refractivity contribution is 0.570. The number of nitrogens with zero attached hydrogens (tertiary/aromatic N) is 3. The highest BCUT2D eigenvalue weighted by molar-refractivity contribution is 14.0. The maximum absolute atomic E-state index is 13.5. The topological polar surface area (TPSA) is 88.4 Å². The van der Waals surface area contributed by atoms with Gasteiger partial charge in [-0.15, -0.1) is 24.0 Å². The number of benzene rings is 1. The molecule has 0 aliphatic rings. The fourth-order valence-electron chi connectivity index (χ4n) is 2.46. The molecule has 0 atom stereocenters. The highest BCUT2D eigenvalue weighted by atomic mass is 127. The normalized spacial score (nSPS) is 11.7. The Hall–Kier alpha value is -1.69. The predicted octanol–water partition coefficient (Wildman–Crippen LogP) is 1.94. The van der Waals surface area contributed by atoms with Crippen molar-refractivity contribution >= 4 is 39.8 Å². The van der Waals surface area contributed by atoms with Crippen LogP contribution in [0, 0.1) is 5.82 Å². The molecule has 150 valence electrons. The second-order valence-electron chi connectivity index (χ2n) is 5.96. The van der Waals surface area contributed by atoms with Crippen molar-refractivity contribution in [3.05, 3.63) is 53.6 Å². The van der Waals surface area contributed by atoms with Crippen molar-refractivity contribution < 1.29 is 12.8 Å². The van der Waals surface area contributed by atoms with Gasteiger partial charge in [-0.2, -0.15) is 5.10 Å². The maximum atomic E-state index is 13.5.